The molecular formula is C23H32N4O2. The lowest BCUT2D eigenvalue weighted by Gasteiger charge is -2.31. The van der Waals surface area contributed by atoms with E-state index >= 15 is 0 Å². The molecule has 2 fully saturated rings. The van der Waals surface area contributed by atoms with Gasteiger partial charge in [-0.25, -0.2) is 0 Å². The number of carbonyl (C=O) groups excluding carboxylic acids is 1. The summed E-state index contributed by atoms with van der Waals surface area (Å²) in [6.07, 6.45) is 6.96. The maximum absolute atomic E-state index is 13.0. The molecule has 6 heteroatoms. The van der Waals surface area contributed by atoms with Crippen LogP contribution in [0, 0.1) is 5.92 Å². The van der Waals surface area contributed by atoms with Crippen molar-refractivity contribution >= 4 is 5.91 Å². The summed E-state index contributed by atoms with van der Waals surface area (Å²) >= 11 is 0. The molecule has 2 heterocycles. The summed E-state index contributed by atoms with van der Waals surface area (Å²) in [5, 5.41) is 11.6. The Bertz CT molecular complexity index is 839. The molecule has 0 bridgehead atoms. The summed E-state index contributed by atoms with van der Waals surface area (Å²) in [6, 6.07) is 8.76. The number of aromatic nitrogens is 3. The Hall–Kier alpha value is -2.21. The highest BCUT2D eigenvalue weighted by molar-refractivity contribution is 5.92. The number of ether oxygens (including phenoxy) is 1. The van der Waals surface area contributed by atoms with Crippen LogP contribution in [-0.2, 0) is 22.2 Å². The Balaban J connectivity index is 1.49. The van der Waals surface area contributed by atoms with Crippen LogP contribution in [0.15, 0.2) is 30.5 Å². The fraction of sp³-hybridized carbons (Fsp3) is 0.609. The first-order chi connectivity index (χ1) is 13.9. The molecule has 1 atom stereocenters. The van der Waals surface area contributed by atoms with Gasteiger partial charge in [0.05, 0.1) is 18.3 Å². The molecule has 2 aliphatic rings. The summed E-state index contributed by atoms with van der Waals surface area (Å²) < 4.78 is 7.19. The molecule has 0 spiro atoms. The normalized spacial score (nSPS) is 21.4. The van der Waals surface area contributed by atoms with E-state index in [0.29, 0.717) is 11.6 Å². The number of nitrogens with zero attached hydrogens (tertiary/aromatic N) is 3. The van der Waals surface area contributed by atoms with Gasteiger partial charge in [-0.2, -0.15) is 0 Å². The zero-order valence-corrected chi connectivity index (χ0v) is 17.8. The molecule has 156 valence electrons. The summed E-state index contributed by atoms with van der Waals surface area (Å²) in [6.45, 7) is 8.97. The van der Waals surface area contributed by atoms with E-state index in [1.54, 1.807) is 10.9 Å². The van der Waals surface area contributed by atoms with E-state index in [0.717, 1.165) is 51.9 Å². The molecule has 29 heavy (non-hydrogen) atoms. The lowest BCUT2D eigenvalue weighted by Crippen LogP contribution is -2.44. The third-order valence-electron chi connectivity index (χ3n) is 6.35. The Labute approximate surface area is 173 Å². The van der Waals surface area contributed by atoms with Gasteiger partial charge in [0, 0.05) is 19.1 Å². The van der Waals surface area contributed by atoms with Crippen molar-refractivity contribution in [2.45, 2.75) is 70.4 Å². The molecule has 1 amide bonds. The fourth-order valence-electron chi connectivity index (χ4n) is 4.52. The summed E-state index contributed by atoms with van der Waals surface area (Å²) in [4.78, 5) is 13.0. The Kier molecular flexibility index (Phi) is 5.47. The molecule has 2 aromatic rings. The highest BCUT2D eigenvalue weighted by Crippen LogP contribution is 2.39. The van der Waals surface area contributed by atoms with Crippen LogP contribution in [0.25, 0.3) is 0 Å². The van der Waals surface area contributed by atoms with Crippen molar-refractivity contribution in [3.05, 3.63) is 47.3 Å². The second-order valence-corrected chi connectivity index (χ2v) is 9.63. The standard InChI is InChI=1S/C23H32N4O2/c1-22(2,3)18-6-8-19(9-7-18)23(11-4-5-12-23)24-21(28)20-15-27(26-25-20)14-17-10-13-29-16-17/h6-9,15,17H,4-5,10-14,16H2,1-3H3,(H,24,28). The van der Waals surface area contributed by atoms with Crippen LogP contribution in [0.1, 0.15) is 74.5 Å². The molecule has 1 unspecified atom stereocenters. The van der Waals surface area contributed by atoms with Crippen LogP contribution in [0.3, 0.4) is 0 Å². The topological polar surface area (TPSA) is 69.0 Å². The van der Waals surface area contributed by atoms with Crippen LogP contribution in [0.4, 0.5) is 0 Å². The highest BCUT2D eigenvalue weighted by Gasteiger charge is 2.38. The Morgan fingerprint density at radius 1 is 1.24 bits per heavy atom. The molecule has 1 saturated heterocycles. The monoisotopic (exact) mass is 396 g/mol. The van der Waals surface area contributed by atoms with E-state index in [1.165, 1.54) is 11.1 Å². The van der Waals surface area contributed by atoms with Crippen LogP contribution < -0.4 is 5.32 Å². The van der Waals surface area contributed by atoms with Crippen molar-refractivity contribution in [2.75, 3.05) is 13.2 Å². The van der Waals surface area contributed by atoms with Crippen molar-refractivity contribution in [2.24, 2.45) is 5.92 Å². The number of amides is 1. The van der Waals surface area contributed by atoms with E-state index in [-0.39, 0.29) is 16.9 Å². The average molecular weight is 397 g/mol. The minimum atomic E-state index is -0.309. The minimum absolute atomic E-state index is 0.119. The Morgan fingerprint density at radius 2 is 1.97 bits per heavy atom. The summed E-state index contributed by atoms with van der Waals surface area (Å²) in [7, 11) is 0. The maximum Gasteiger partial charge on any atom is 0.274 e. The van der Waals surface area contributed by atoms with E-state index in [1.807, 2.05) is 0 Å². The van der Waals surface area contributed by atoms with Gasteiger partial charge in [-0.3, -0.25) is 9.48 Å². The fourth-order valence-corrected chi connectivity index (χ4v) is 4.52. The molecule has 1 aliphatic heterocycles. The van der Waals surface area contributed by atoms with Gasteiger partial charge in [0.25, 0.3) is 5.91 Å². The summed E-state index contributed by atoms with van der Waals surface area (Å²) in [5.74, 6) is 0.316. The van der Waals surface area contributed by atoms with Crippen LogP contribution >= 0.6 is 0 Å². The first-order valence-corrected chi connectivity index (χ1v) is 10.8. The average Bonchev–Trinajstić information content (AvgIpc) is 3.44. The summed E-state index contributed by atoms with van der Waals surface area (Å²) in [5.41, 5.74) is 2.69. The number of benzene rings is 1. The van der Waals surface area contributed by atoms with Gasteiger partial charge in [0.2, 0.25) is 0 Å². The van der Waals surface area contributed by atoms with E-state index in [4.69, 9.17) is 4.74 Å². The Morgan fingerprint density at radius 3 is 2.59 bits per heavy atom. The van der Waals surface area contributed by atoms with E-state index in [9.17, 15) is 4.79 Å². The predicted molar refractivity (Wildman–Crippen MR) is 112 cm³/mol. The predicted octanol–water partition coefficient (Wildman–Crippen LogP) is 3.81. The number of nitrogens with one attached hydrogen (secondary N) is 1. The first kappa shape index (κ1) is 20.1. The molecule has 1 saturated carbocycles. The number of carbonyl (C=O) groups is 1. The molecule has 1 aromatic carbocycles. The van der Waals surface area contributed by atoms with Crippen LogP contribution in [-0.4, -0.2) is 34.1 Å². The molecule has 1 aliphatic carbocycles. The third-order valence-corrected chi connectivity index (χ3v) is 6.35. The van der Waals surface area contributed by atoms with Gasteiger partial charge in [-0.05, 0) is 35.8 Å². The molecular weight excluding hydrogens is 364 g/mol. The van der Waals surface area contributed by atoms with Crippen molar-refractivity contribution in [1.29, 1.82) is 0 Å². The first-order valence-electron chi connectivity index (χ1n) is 10.8. The molecule has 0 radical (unpaired) electrons. The molecule has 4 rings (SSSR count). The zero-order valence-electron chi connectivity index (χ0n) is 17.8. The molecule has 1 N–H and O–H groups in total. The zero-order chi connectivity index (χ0) is 20.5. The number of hydrogen-bond acceptors (Lipinski definition) is 4. The van der Waals surface area contributed by atoms with Gasteiger partial charge in [-0.15, -0.1) is 5.10 Å². The SMILES string of the molecule is CC(C)(C)c1ccc(C2(NC(=O)c3cn(CC4CCOC4)nn3)CCCC2)cc1. The van der Waals surface area contributed by atoms with E-state index < -0.39 is 0 Å². The second kappa shape index (κ2) is 7.90. The van der Waals surface area contributed by atoms with Crippen LogP contribution in [0.2, 0.25) is 0 Å². The molecule has 6 nitrogen and oxygen atoms in total. The van der Waals surface area contributed by atoms with Gasteiger partial charge >= 0.3 is 0 Å². The quantitative estimate of drug-likeness (QED) is 0.834. The van der Waals surface area contributed by atoms with Gasteiger partial charge in [0.1, 0.15) is 0 Å². The second-order valence-electron chi connectivity index (χ2n) is 9.63. The lowest BCUT2D eigenvalue weighted by atomic mass is 9.83. The van der Waals surface area contributed by atoms with E-state index in [2.05, 4.69) is 60.7 Å². The number of hydrogen-bond donors (Lipinski definition) is 1. The van der Waals surface area contributed by atoms with Gasteiger partial charge in [-0.1, -0.05) is 63.1 Å². The third kappa shape index (κ3) is 4.37. The molecule has 1 aromatic heterocycles. The highest BCUT2D eigenvalue weighted by atomic mass is 16.5. The largest absolute Gasteiger partial charge is 0.381 e. The maximum atomic E-state index is 13.0. The number of rotatable bonds is 5. The minimum Gasteiger partial charge on any atom is -0.381 e. The van der Waals surface area contributed by atoms with Crippen molar-refractivity contribution in [3.8, 4) is 0 Å². The van der Waals surface area contributed by atoms with Gasteiger partial charge in [0.15, 0.2) is 5.69 Å². The van der Waals surface area contributed by atoms with Crippen molar-refractivity contribution < 1.29 is 9.53 Å². The van der Waals surface area contributed by atoms with Gasteiger partial charge < -0.3 is 10.1 Å². The van der Waals surface area contributed by atoms with Crippen LogP contribution in [0.5, 0.6) is 0 Å². The van der Waals surface area contributed by atoms with Crippen molar-refractivity contribution in [3.63, 3.8) is 0 Å². The smallest absolute Gasteiger partial charge is 0.274 e. The van der Waals surface area contributed by atoms with Crippen molar-refractivity contribution in [1.82, 2.24) is 20.3 Å². The lowest BCUT2D eigenvalue weighted by molar-refractivity contribution is 0.0893.